The summed E-state index contributed by atoms with van der Waals surface area (Å²) in [6, 6.07) is 8.69. The van der Waals surface area contributed by atoms with E-state index in [1.165, 1.54) is 0 Å². The fourth-order valence-corrected chi connectivity index (χ4v) is 0.970. The summed E-state index contributed by atoms with van der Waals surface area (Å²) in [5.41, 5.74) is 5.82. The third-order valence-electron chi connectivity index (χ3n) is 1.64. The van der Waals surface area contributed by atoms with Crippen molar-refractivity contribution in [1.82, 2.24) is 10.3 Å². The molecule has 1 heterocycles. The number of nitrogens with two attached hydrogens (primary N) is 1. The first-order chi connectivity index (χ1) is 7.27. The van der Waals surface area contributed by atoms with Gasteiger partial charge in [0.25, 0.3) is 5.82 Å². The molecule has 7 heteroatoms. The average molecular weight is 205 g/mol. The number of hydrogen-bond acceptors (Lipinski definition) is 6. The minimum atomic E-state index is -0.154. The lowest BCUT2D eigenvalue weighted by Gasteiger charge is -1.99. The molecule has 0 amide bonds. The summed E-state index contributed by atoms with van der Waals surface area (Å²) < 4.78 is 4.28. The van der Waals surface area contributed by atoms with E-state index in [0.29, 0.717) is 5.69 Å². The maximum atomic E-state index is 11.4. The summed E-state index contributed by atoms with van der Waals surface area (Å²) in [4.78, 5) is 0.265. The maximum absolute atomic E-state index is 11.4. The Labute approximate surface area is 84.4 Å². The van der Waals surface area contributed by atoms with Crippen molar-refractivity contribution in [3.63, 3.8) is 0 Å². The van der Waals surface area contributed by atoms with Crippen LogP contribution in [0.25, 0.3) is 0 Å². The highest BCUT2D eigenvalue weighted by Crippen LogP contribution is 2.18. The third-order valence-corrected chi connectivity index (χ3v) is 1.64. The Morgan fingerprint density at radius 2 is 2.00 bits per heavy atom. The number of nitrogens with zero attached hydrogens (tertiary/aromatic N) is 4. The minimum Gasteiger partial charge on any atom is -0.690 e. The van der Waals surface area contributed by atoms with E-state index in [2.05, 4.69) is 20.1 Å². The van der Waals surface area contributed by atoms with E-state index >= 15 is 0 Å². The molecule has 7 nitrogen and oxygen atoms in total. The van der Waals surface area contributed by atoms with Gasteiger partial charge in [0.2, 0.25) is 0 Å². The highest BCUT2D eigenvalue weighted by atomic mass is 16.6. The van der Waals surface area contributed by atoms with Crippen LogP contribution in [-0.2, 0) is 0 Å². The van der Waals surface area contributed by atoms with Crippen LogP contribution in [0.2, 0.25) is 0 Å². The molecule has 0 spiro atoms. The molecule has 0 aliphatic heterocycles. The smallest absolute Gasteiger partial charge is 0.442 e. The van der Waals surface area contributed by atoms with Crippen LogP contribution in [0.5, 0.6) is 0 Å². The zero-order valence-corrected chi connectivity index (χ0v) is 7.57. The van der Waals surface area contributed by atoms with Crippen LogP contribution in [0.1, 0.15) is 0 Å². The zero-order valence-electron chi connectivity index (χ0n) is 7.57. The van der Waals surface area contributed by atoms with Crippen molar-refractivity contribution in [1.29, 1.82) is 0 Å². The number of benzene rings is 1. The third kappa shape index (κ3) is 1.90. The maximum Gasteiger partial charge on any atom is 0.442 e. The fourth-order valence-electron chi connectivity index (χ4n) is 0.970. The molecule has 2 aromatic rings. The van der Waals surface area contributed by atoms with Gasteiger partial charge < -0.3 is 10.9 Å². The summed E-state index contributed by atoms with van der Waals surface area (Å²) in [7, 11) is 0. The molecule has 2 rings (SSSR count). The van der Waals surface area contributed by atoms with Crippen LogP contribution in [0.4, 0.5) is 17.3 Å². The van der Waals surface area contributed by atoms with E-state index in [4.69, 9.17) is 5.73 Å². The molecule has 1 aromatic heterocycles. The Kier molecular flexibility index (Phi) is 2.28. The number of rotatable bonds is 2. The van der Waals surface area contributed by atoms with Crippen molar-refractivity contribution < 1.29 is 9.49 Å². The molecule has 0 radical (unpaired) electrons. The lowest BCUT2D eigenvalue weighted by atomic mass is 10.3. The van der Waals surface area contributed by atoms with Crippen LogP contribution in [0.15, 0.2) is 40.1 Å². The largest absolute Gasteiger partial charge is 0.690 e. The van der Waals surface area contributed by atoms with Gasteiger partial charge in [-0.1, -0.05) is 23.3 Å². The van der Waals surface area contributed by atoms with E-state index in [1.807, 2.05) is 6.07 Å². The SMILES string of the molecule is Nc1nonc1[N+]([O-])=Nc1ccccc1. The topological polar surface area (TPSA) is 103 Å². The van der Waals surface area contributed by atoms with Gasteiger partial charge in [0.1, 0.15) is 5.69 Å². The molecule has 0 saturated carbocycles. The van der Waals surface area contributed by atoms with E-state index in [9.17, 15) is 5.21 Å². The zero-order chi connectivity index (χ0) is 10.7. The second-order valence-corrected chi connectivity index (χ2v) is 2.68. The second-order valence-electron chi connectivity index (χ2n) is 2.68. The first-order valence-corrected chi connectivity index (χ1v) is 4.09. The van der Waals surface area contributed by atoms with Crippen molar-refractivity contribution in [2.24, 2.45) is 5.11 Å². The molecule has 0 atom stereocenters. The molecule has 0 aliphatic rings. The second kappa shape index (κ2) is 3.74. The number of azo groups is 1. The van der Waals surface area contributed by atoms with Gasteiger partial charge in [0.05, 0.1) is 0 Å². The van der Waals surface area contributed by atoms with Crippen LogP contribution < -0.4 is 5.73 Å². The Morgan fingerprint density at radius 1 is 1.27 bits per heavy atom. The molecule has 0 bridgehead atoms. The summed E-state index contributed by atoms with van der Waals surface area (Å²) in [6.07, 6.45) is 0. The summed E-state index contributed by atoms with van der Waals surface area (Å²) >= 11 is 0. The Bertz CT molecular complexity index is 479. The van der Waals surface area contributed by atoms with Crippen LogP contribution in [0, 0.1) is 5.21 Å². The summed E-state index contributed by atoms with van der Waals surface area (Å²) in [5, 5.41) is 21.7. The molecule has 0 saturated heterocycles. The number of hydrogen-bond donors (Lipinski definition) is 1. The van der Waals surface area contributed by atoms with E-state index < -0.39 is 0 Å². The number of aromatic nitrogens is 2. The van der Waals surface area contributed by atoms with Crippen molar-refractivity contribution in [3.05, 3.63) is 35.5 Å². The van der Waals surface area contributed by atoms with Crippen LogP contribution >= 0.6 is 0 Å². The van der Waals surface area contributed by atoms with E-state index in [-0.39, 0.29) is 16.5 Å². The molecule has 0 fully saturated rings. The molecule has 1 aromatic carbocycles. The Morgan fingerprint density at radius 3 is 2.60 bits per heavy atom. The van der Waals surface area contributed by atoms with E-state index in [1.54, 1.807) is 24.3 Å². The standard InChI is InChI=1S/C8H7N5O2/c9-7-8(12-15-11-7)13(14)10-6-4-2-1-3-5-6/h1-5H,(H2,9,11). The number of nitrogen functional groups attached to an aromatic ring is 1. The molecule has 76 valence electrons. The van der Waals surface area contributed by atoms with Gasteiger partial charge in [-0.3, -0.25) is 0 Å². The average Bonchev–Trinajstić information content (AvgIpc) is 2.66. The lowest BCUT2D eigenvalue weighted by Crippen LogP contribution is -1.95. The Hall–Kier alpha value is -2.44. The molecule has 0 aliphatic carbocycles. The lowest BCUT2D eigenvalue weighted by molar-refractivity contribution is -0.439. The predicted octanol–water partition coefficient (Wildman–Crippen LogP) is 1.58. The molecule has 2 N–H and O–H groups in total. The fraction of sp³-hybridized carbons (Fsp3) is 0. The Balaban J connectivity index is 2.33. The quantitative estimate of drug-likeness (QED) is 0.455. The van der Waals surface area contributed by atoms with Gasteiger partial charge in [0.15, 0.2) is 5.16 Å². The number of anilines is 1. The van der Waals surface area contributed by atoms with Crippen LogP contribution in [-0.4, -0.2) is 15.2 Å². The predicted molar refractivity (Wildman–Crippen MR) is 50.5 cm³/mol. The summed E-state index contributed by atoms with van der Waals surface area (Å²) in [5.74, 6) is -0.247. The van der Waals surface area contributed by atoms with Gasteiger partial charge in [-0.2, -0.15) is 0 Å². The van der Waals surface area contributed by atoms with Crippen molar-refractivity contribution >= 4 is 17.3 Å². The van der Waals surface area contributed by atoms with Gasteiger partial charge in [-0.25, -0.2) is 0 Å². The van der Waals surface area contributed by atoms with Crippen molar-refractivity contribution in [2.75, 3.05) is 5.73 Å². The summed E-state index contributed by atoms with van der Waals surface area (Å²) in [6.45, 7) is 0. The van der Waals surface area contributed by atoms with Crippen molar-refractivity contribution in [2.45, 2.75) is 0 Å². The van der Waals surface area contributed by atoms with Gasteiger partial charge in [-0.05, 0) is 12.1 Å². The normalized spacial score (nSPS) is 11.6. The monoisotopic (exact) mass is 205 g/mol. The molecular weight excluding hydrogens is 198 g/mol. The van der Waals surface area contributed by atoms with E-state index in [0.717, 1.165) is 0 Å². The minimum absolute atomic E-state index is 0.0929. The molecule has 15 heavy (non-hydrogen) atoms. The van der Waals surface area contributed by atoms with Crippen molar-refractivity contribution in [3.8, 4) is 0 Å². The van der Waals surface area contributed by atoms with Gasteiger partial charge in [0, 0.05) is 5.16 Å². The first kappa shape index (κ1) is 9.13. The highest BCUT2D eigenvalue weighted by Gasteiger charge is 2.17. The van der Waals surface area contributed by atoms with Gasteiger partial charge in [-0.15, -0.1) is 9.49 Å². The van der Waals surface area contributed by atoms with Crippen LogP contribution in [0.3, 0.4) is 0 Å². The van der Waals surface area contributed by atoms with Gasteiger partial charge >= 0.3 is 5.82 Å². The molecular formula is C8H7N5O2. The highest BCUT2D eigenvalue weighted by molar-refractivity contribution is 5.43. The molecule has 0 unspecified atom stereocenters. The first-order valence-electron chi connectivity index (χ1n) is 4.09.